The van der Waals surface area contributed by atoms with E-state index in [0.29, 0.717) is 26.2 Å². The first kappa shape index (κ1) is 23.7. The van der Waals surface area contributed by atoms with E-state index < -0.39 is 17.5 Å². The van der Waals surface area contributed by atoms with Gasteiger partial charge in [-0.15, -0.1) is 0 Å². The van der Waals surface area contributed by atoms with Crippen molar-refractivity contribution in [3.63, 3.8) is 0 Å². The van der Waals surface area contributed by atoms with Gasteiger partial charge in [0.2, 0.25) is 0 Å². The van der Waals surface area contributed by atoms with Crippen LogP contribution >= 0.6 is 0 Å². The highest BCUT2D eigenvalue weighted by atomic mass is 16.6. The molecule has 0 saturated carbocycles. The van der Waals surface area contributed by atoms with Gasteiger partial charge in [-0.1, -0.05) is 12.1 Å². The molecule has 1 saturated heterocycles. The Kier molecular flexibility index (Phi) is 8.02. The van der Waals surface area contributed by atoms with E-state index in [1.54, 1.807) is 41.0 Å². The van der Waals surface area contributed by atoms with Crippen molar-refractivity contribution < 1.29 is 23.9 Å². The standard InChI is InChI=1S/C22H28N4O5/c1-5-30-20(28)17-8-6-7-9-18(17)24-19(27)16(14-23)15-25-10-12-26(13-11-25)21(29)31-22(2,3)4/h6-9,15H,5,10-13H2,1-4H3,(H,24,27)/b16-15-. The monoisotopic (exact) mass is 428 g/mol. The number of nitrogens with one attached hydrogen (secondary N) is 1. The van der Waals surface area contributed by atoms with E-state index in [2.05, 4.69) is 5.32 Å². The summed E-state index contributed by atoms with van der Waals surface area (Å²) in [6, 6.07) is 8.33. The van der Waals surface area contributed by atoms with Crippen molar-refractivity contribution in [1.29, 1.82) is 5.26 Å². The third-order valence-corrected chi connectivity index (χ3v) is 4.31. The Morgan fingerprint density at radius 2 is 1.81 bits per heavy atom. The van der Waals surface area contributed by atoms with Gasteiger partial charge in [-0.05, 0) is 39.8 Å². The molecule has 166 valence electrons. The number of hydrogen-bond acceptors (Lipinski definition) is 7. The first-order chi connectivity index (χ1) is 14.6. The van der Waals surface area contributed by atoms with Crippen molar-refractivity contribution in [2.24, 2.45) is 0 Å². The smallest absolute Gasteiger partial charge is 0.410 e. The van der Waals surface area contributed by atoms with Gasteiger partial charge in [0.15, 0.2) is 0 Å². The Hall–Kier alpha value is -3.54. The molecule has 0 bridgehead atoms. The van der Waals surface area contributed by atoms with Gasteiger partial charge in [0.25, 0.3) is 5.91 Å². The molecule has 31 heavy (non-hydrogen) atoms. The van der Waals surface area contributed by atoms with Crippen molar-refractivity contribution in [2.45, 2.75) is 33.3 Å². The Labute approximate surface area is 182 Å². The minimum Gasteiger partial charge on any atom is -0.462 e. The zero-order valence-corrected chi connectivity index (χ0v) is 18.3. The van der Waals surface area contributed by atoms with Crippen LogP contribution in [0.25, 0.3) is 0 Å². The van der Waals surface area contributed by atoms with E-state index >= 15 is 0 Å². The Balaban J connectivity index is 2.02. The Morgan fingerprint density at radius 1 is 1.16 bits per heavy atom. The number of benzene rings is 1. The van der Waals surface area contributed by atoms with Gasteiger partial charge in [-0.2, -0.15) is 5.26 Å². The molecule has 0 spiro atoms. The molecule has 0 atom stereocenters. The van der Waals surface area contributed by atoms with Crippen molar-refractivity contribution in [1.82, 2.24) is 9.80 Å². The second kappa shape index (κ2) is 10.5. The third kappa shape index (κ3) is 7.03. The lowest BCUT2D eigenvalue weighted by Crippen LogP contribution is -2.48. The van der Waals surface area contributed by atoms with Crippen molar-refractivity contribution in [3.05, 3.63) is 41.6 Å². The number of anilines is 1. The Bertz CT molecular complexity index is 890. The number of hydrogen-bond donors (Lipinski definition) is 1. The molecule has 2 rings (SSSR count). The predicted molar refractivity (Wildman–Crippen MR) is 114 cm³/mol. The second-order valence-electron chi connectivity index (χ2n) is 7.88. The highest BCUT2D eigenvalue weighted by Crippen LogP contribution is 2.18. The van der Waals surface area contributed by atoms with Gasteiger partial charge in [-0.3, -0.25) is 4.79 Å². The fourth-order valence-electron chi connectivity index (χ4n) is 2.85. The number of esters is 1. The molecule has 9 nitrogen and oxygen atoms in total. The summed E-state index contributed by atoms with van der Waals surface area (Å²) < 4.78 is 10.4. The van der Waals surface area contributed by atoms with Crippen LogP contribution in [0.5, 0.6) is 0 Å². The molecule has 1 aliphatic heterocycles. The van der Waals surface area contributed by atoms with Gasteiger partial charge >= 0.3 is 12.1 Å². The number of ether oxygens (including phenoxy) is 2. The SMILES string of the molecule is CCOC(=O)c1ccccc1NC(=O)/C(C#N)=C\N1CCN(C(=O)OC(C)(C)C)CC1. The molecule has 0 unspecified atom stereocenters. The average Bonchev–Trinajstić information content (AvgIpc) is 2.71. The topological polar surface area (TPSA) is 112 Å². The molecule has 0 aromatic heterocycles. The molecular formula is C22H28N4O5. The predicted octanol–water partition coefficient (Wildman–Crippen LogP) is 2.76. The highest BCUT2D eigenvalue weighted by Gasteiger charge is 2.25. The van der Waals surface area contributed by atoms with E-state index in [-0.39, 0.29) is 29.5 Å². The fourth-order valence-corrected chi connectivity index (χ4v) is 2.85. The largest absolute Gasteiger partial charge is 0.462 e. The lowest BCUT2D eigenvalue weighted by atomic mass is 10.1. The number of piperazine rings is 1. The van der Waals surface area contributed by atoms with Crippen LogP contribution in [0.3, 0.4) is 0 Å². The van der Waals surface area contributed by atoms with Gasteiger partial charge in [0, 0.05) is 32.4 Å². The number of para-hydroxylation sites is 1. The summed E-state index contributed by atoms with van der Waals surface area (Å²) in [6.45, 7) is 9.06. The minimum absolute atomic E-state index is 0.107. The van der Waals surface area contributed by atoms with Crippen LogP contribution in [0.2, 0.25) is 0 Å². The third-order valence-electron chi connectivity index (χ3n) is 4.31. The van der Waals surface area contributed by atoms with E-state index in [4.69, 9.17) is 9.47 Å². The molecule has 2 amide bonds. The summed E-state index contributed by atoms with van der Waals surface area (Å²) in [5.74, 6) is -1.19. The number of carbonyl (C=O) groups is 3. The zero-order chi connectivity index (χ0) is 23.0. The second-order valence-corrected chi connectivity index (χ2v) is 7.88. The van der Waals surface area contributed by atoms with Crippen LogP contribution in [-0.4, -0.2) is 66.2 Å². The van der Waals surface area contributed by atoms with Crippen LogP contribution in [0.1, 0.15) is 38.1 Å². The molecule has 0 radical (unpaired) electrons. The number of amides is 2. The maximum Gasteiger partial charge on any atom is 0.410 e. The van der Waals surface area contributed by atoms with Crippen molar-refractivity contribution >= 4 is 23.7 Å². The number of carbonyl (C=O) groups excluding carboxylic acids is 3. The fraction of sp³-hybridized carbons (Fsp3) is 0.455. The minimum atomic E-state index is -0.631. The summed E-state index contributed by atoms with van der Waals surface area (Å²) in [5, 5.41) is 12.1. The van der Waals surface area contributed by atoms with Crippen LogP contribution in [0.15, 0.2) is 36.0 Å². The quantitative estimate of drug-likeness (QED) is 0.436. The molecule has 1 N–H and O–H groups in total. The summed E-state index contributed by atoms with van der Waals surface area (Å²) in [7, 11) is 0. The van der Waals surface area contributed by atoms with Crippen LogP contribution in [0, 0.1) is 11.3 Å². The van der Waals surface area contributed by atoms with Gasteiger partial charge < -0.3 is 24.6 Å². The number of nitriles is 1. The molecular weight excluding hydrogens is 400 g/mol. The van der Waals surface area contributed by atoms with E-state index in [0.717, 1.165) is 0 Å². The lowest BCUT2D eigenvalue weighted by molar-refractivity contribution is -0.112. The Morgan fingerprint density at radius 3 is 2.39 bits per heavy atom. The van der Waals surface area contributed by atoms with Crippen LogP contribution in [0.4, 0.5) is 10.5 Å². The maximum atomic E-state index is 12.6. The molecule has 1 heterocycles. The van der Waals surface area contributed by atoms with Crippen LogP contribution < -0.4 is 5.32 Å². The number of rotatable bonds is 5. The van der Waals surface area contributed by atoms with E-state index in [1.165, 1.54) is 6.20 Å². The first-order valence-corrected chi connectivity index (χ1v) is 10.1. The van der Waals surface area contributed by atoms with Crippen molar-refractivity contribution in [2.75, 3.05) is 38.1 Å². The highest BCUT2D eigenvalue weighted by molar-refractivity contribution is 6.09. The summed E-state index contributed by atoms with van der Waals surface area (Å²) in [4.78, 5) is 40.2. The van der Waals surface area contributed by atoms with Crippen LogP contribution in [-0.2, 0) is 14.3 Å². The first-order valence-electron chi connectivity index (χ1n) is 10.1. The molecule has 1 aromatic rings. The average molecular weight is 428 g/mol. The number of nitrogens with zero attached hydrogens (tertiary/aromatic N) is 3. The molecule has 0 aliphatic carbocycles. The molecule has 9 heteroatoms. The van der Waals surface area contributed by atoms with Gasteiger partial charge in [0.1, 0.15) is 17.2 Å². The summed E-state index contributed by atoms with van der Waals surface area (Å²) in [5.41, 5.74) is -0.202. The lowest BCUT2D eigenvalue weighted by Gasteiger charge is -2.35. The van der Waals surface area contributed by atoms with Crippen molar-refractivity contribution in [3.8, 4) is 6.07 Å². The van der Waals surface area contributed by atoms with Gasteiger partial charge in [0.05, 0.1) is 17.9 Å². The summed E-state index contributed by atoms with van der Waals surface area (Å²) in [6.07, 6.45) is 1.08. The molecule has 1 fully saturated rings. The normalized spacial score (nSPS) is 14.5. The zero-order valence-electron chi connectivity index (χ0n) is 18.3. The van der Waals surface area contributed by atoms with E-state index in [1.807, 2.05) is 26.8 Å². The maximum absolute atomic E-state index is 12.6. The molecule has 1 aliphatic rings. The summed E-state index contributed by atoms with van der Waals surface area (Å²) >= 11 is 0. The van der Waals surface area contributed by atoms with Gasteiger partial charge in [-0.25, -0.2) is 9.59 Å². The van der Waals surface area contributed by atoms with E-state index in [9.17, 15) is 19.6 Å². The molecule has 1 aromatic carbocycles.